The zero-order valence-corrected chi connectivity index (χ0v) is 15.8. The van der Waals surface area contributed by atoms with Crippen LogP contribution in [0.4, 0.5) is 23.0 Å². The summed E-state index contributed by atoms with van der Waals surface area (Å²) in [6.07, 6.45) is 6.75. The molecule has 0 aliphatic rings. The van der Waals surface area contributed by atoms with Crippen molar-refractivity contribution in [2.45, 2.75) is 0 Å². The highest BCUT2D eigenvalue weighted by atomic mass is 16.1. The molecule has 0 saturated heterocycles. The van der Waals surface area contributed by atoms with Gasteiger partial charge in [-0.25, -0.2) is 9.97 Å². The smallest absolute Gasteiger partial charge is 0.255 e. The van der Waals surface area contributed by atoms with Crippen LogP contribution < -0.4 is 10.2 Å². The monoisotopic (exact) mass is 392 g/mol. The molecule has 0 bridgehead atoms. The number of benzene rings is 2. The van der Waals surface area contributed by atoms with Crippen molar-refractivity contribution in [1.29, 1.82) is 5.26 Å². The number of rotatable bonds is 5. The number of nitrogens with zero attached hydrogens (tertiary/aromatic N) is 5. The Morgan fingerprint density at radius 1 is 0.900 bits per heavy atom. The minimum Gasteiger partial charge on any atom is -0.322 e. The van der Waals surface area contributed by atoms with Crippen molar-refractivity contribution in [3.63, 3.8) is 0 Å². The third-order valence-corrected chi connectivity index (χ3v) is 4.29. The first-order chi connectivity index (χ1) is 14.7. The maximum absolute atomic E-state index is 12.6. The highest BCUT2D eigenvalue weighted by molar-refractivity contribution is 6.04. The fraction of sp³-hybridized carbons (Fsp3) is 0. The maximum atomic E-state index is 12.6. The average Bonchev–Trinajstić information content (AvgIpc) is 2.81. The Morgan fingerprint density at radius 2 is 1.67 bits per heavy atom. The summed E-state index contributed by atoms with van der Waals surface area (Å²) >= 11 is 0. The van der Waals surface area contributed by atoms with Crippen molar-refractivity contribution in [2.75, 3.05) is 10.2 Å². The molecular formula is C23H16N6O. The van der Waals surface area contributed by atoms with Crippen molar-refractivity contribution in [3.8, 4) is 6.07 Å². The summed E-state index contributed by atoms with van der Waals surface area (Å²) < 4.78 is 0. The van der Waals surface area contributed by atoms with Crippen LogP contribution in [0, 0.1) is 11.3 Å². The Hall–Kier alpha value is -4.57. The molecule has 0 saturated carbocycles. The van der Waals surface area contributed by atoms with Gasteiger partial charge in [-0.15, -0.1) is 0 Å². The molecule has 0 atom stereocenters. The third-order valence-electron chi connectivity index (χ3n) is 4.29. The zero-order chi connectivity index (χ0) is 20.8. The number of carbonyl (C=O) groups excluding carboxylic acids is 1. The van der Waals surface area contributed by atoms with Gasteiger partial charge in [0.25, 0.3) is 5.91 Å². The predicted molar refractivity (Wildman–Crippen MR) is 114 cm³/mol. The van der Waals surface area contributed by atoms with E-state index in [0.29, 0.717) is 22.8 Å². The molecule has 7 nitrogen and oxygen atoms in total. The van der Waals surface area contributed by atoms with E-state index in [2.05, 4.69) is 20.3 Å². The van der Waals surface area contributed by atoms with Gasteiger partial charge in [0, 0.05) is 29.8 Å². The lowest BCUT2D eigenvalue weighted by Crippen LogP contribution is -2.15. The Balaban J connectivity index is 1.65. The van der Waals surface area contributed by atoms with Gasteiger partial charge in [-0.05, 0) is 60.7 Å². The molecule has 4 rings (SSSR count). The van der Waals surface area contributed by atoms with Crippen LogP contribution in [-0.4, -0.2) is 20.9 Å². The second-order valence-corrected chi connectivity index (χ2v) is 6.29. The van der Waals surface area contributed by atoms with E-state index in [1.807, 2.05) is 41.3 Å². The summed E-state index contributed by atoms with van der Waals surface area (Å²) in [5.74, 6) is 0.224. The van der Waals surface area contributed by atoms with Crippen molar-refractivity contribution >= 4 is 28.9 Å². The number of nitrogens with one attached hydrogen (secondary N) is 1. The Morgan fingerprint density at radius 3 is 2.37 bits per heavy atom. The summed E-state index contributed by atoms with van der Waals surface area (Å²) in [6.45, 7) is 0. The second kappa shape index (κ2) is 8.63. The quantitative estimate of drug-likeness (QED) is 0.539. The van der Waals surface area contributed by atoms with Crippen LogP contribution in [0.5, 0.6) is 0 Å². The third kappa shape index (κ3) is 4.13. The van der Waals surface area contributed by atoms with E-state index in [1.54, 1.807) is 61.2 Å². The molecule has 0 spiro atoms. The predicted octanol–water partition coefficient (Wildman–Crippen LogP) is 4.47. The summed E-state index contributed by atoms with van der Waals surface area (Å²) in [6, 6.07) is 21.4. The molecule has 7 heteroatoms. The first kappa shape index (κ1) is 18.8. The number of hydrogen-bond acceptors (Lipinski definition) is 6. The van der Waals surface area contributed by atoms with Crippen LogP contribution in [0.25, 0.3) is 0 Å². The Bertz CT molecular complexity index is 1150. The summed E-state index contributed by atoms with van der Waals surface area (Å²) in [7, 11) is 0. The minimum atomic E-state index is -0.263. The number of pyridine rings is 1. The fourth-order valence-electron chi connectivity index (χ4n) is 2.89. The highest BCUT2D eigenvalue weighted by Crippen LogP contribution is 2.32. The van der Waals surface area contributed by atoms with E-state index in [4.69, 9.17) is 5.26 Å². The molecule has 30 heavy (non-hydrogen) atoms. The Kier molecular flexibility index (Phi) is 5.40. The van der Waals surface area contributed by atoms with Crippen molar-refractivity contribution in [1.82, 2.24) is 15.0 Å². The normalized spacial score (nSPS) is 10.1. The molecule has 0 radical (unpaired) electrons. The largest absolute Gasteiger partial charge is 0.322 e. The minimum absolute atomic E-state index is 0.263. The van der Waals surface area contributed by atoms with Crippen LogP contribution in [0.1, 0.15) is 15.9 Å². The summed E-state index contributed by atoms with van der Waals surface area (Å²) in [5, 5.41) is 11.8. The lowest BCUT2D eigenvalue weighted by molar-refractivity contribution is 0.102. The van der Waals surface area contributed by atoms with Gasteiger partial charge in [0.1, 0.15) is 0 Å². The van der Waals surface area contributed by atoms with E-state index in [1.165, 1.54) is 0 Å². The van der Waals surface area contributed by atoms with Crippen molar-refractivity contribution < 1.29 is 4.79 Å². The standard InChI is InChI=1S/C23H16N6O/c24-15-17-7-9-18(10-8-17)22(30)28-19-4-1-5-20(14-19)29(21-6-2-11-25-16-21)23-26-12-3-13-27-23/h1-14,16H,(H,28,30). The van der Waals surface area contributed by atoms with E-state index in [0.717, 1.165) is 11.4 Å². The first-order valence-electron chi connectivity index (χ1n) is 9.13. The fourth-order valence-corrected chi connectivity index (χ4v) is 2.89. The van der Waals surface area contributed by atoms with Gasteiger partial charge in [-0.2, -0.15) is 5.26 Å². The van der Waals surface area contributed by atoms with Crippen LogP contribution in [0.2, 0.25) is 0 Å². The van der Waals surface area contributed by atoms with Crippen LogP contribution >= 0.6 is 0 Å². The van der Waals surface area contributed by atoms with Crippen molar-refractivity contribution in [3.05, 3.63) is 103 Å². The molecule has 2 aromatic heterocycles. The molecule has 2 aromatic carbocycles. The number of aromatic nitrogens is 3. The molecule has 0 aliphatic heterocycles. The maximum Gasteiger partial charge on any atom is 0.255 e. The molecule has 144 valence electrons. The van der Waals surface area contributed by atoms with Gasteiger partial charge in [0.2, 0.25) is 5.95 Å². The number of hydrogen-bond donors (Lipinski definition) is 1. The van der Waals surface area contributed by atoms with Gasteiger partial charge < -0.3 is 5.32 Å². The van der Waals surface area contributed by atoms with Crippen molar-refractivity contribution in [2.24, 2.45) is 0 Å². The lowest BCUT2D eigenvalue weighted by atomic mass is 10.1. The van der Waals surface area contributed by atoms with Gasteiger partial charge in [-0.3, -0.25) is 14.7 Å². The summed E-state index contributed by atoms with van der Waals surface area (Å²) in [5.41, 5.74) is 3.15. The van der Waals surface area contributed by atoms with E-state index in [9.17, 15) is 4.79 Å². The molecule has 1 N–H and O–H groups in total. The highest BCUT2D eigenvalue weighted by Gasteiger charge is 2.16. The van der Waals surface area contributed by atoms with E-state index in [-0.39, 0.29) is 5.91 Å². The van der Waals surface area contributed by atoms with Gasteiger partial charge in [-0.1, -0.05) is 6.07 Å². The molecule has 4 aromatic rings. The number of carbonyl (C=O) groups is 1. The molecule has 0 fully saturated rings. The molecule has 0 aliphatic carbocycles. The number of anilines is 4. The molecule has 2 heterocycles. The molecule has 1 amide bonds. The second-order valence-electron chi connectivity index (χ2n) is 6.29. The van der Waals surface area contributed by atoms with Crippen LogP contribution in [0.15, 0.2) is 91.5 Å². The molecule has 0 unspecified atom stereocenters. The SMILES string of the molecule is N#Cc1ccc(C(=O)Nc2cccc(N(c3cccnc3)c3ncccn3)c2)cc1. The number of amides is 1. The average molecular weight is 392 g/mol. The van der Waals surface area contributed by atoms with E-state index < -0.39 is 0 Å². The number of nitriles is 1. The lowest BCUT2D eigenvalue weighted by Gasteiger charge is -2.23. The van der Waals surface area contributed by atoms with Gasteiger partial charge in [0.15, 0.2) is 0 Å². The van der Waals surface area contributed by atoms with Crippen LogP contribution in [-0.2, 0) is 0 Å². The molecular weight excluding hydrogens is 376 g/mol. The topological polar surface area (TPSA) is 94.8 Å². The van der Waals surface area contributed by atoms with E-state index >= 15 is 0 Å². The summed E-state index contributed by atoms with van der Waals surface area (Å²) in [4.78, 5) is 27.4. The van der Waals surface area contributed by atoms with Crippen LogP contribution in [0.3, 0.4) is 0 Å². The zero-order valence-electron chi connectivity index (χ0n) is 15.8. The van der Waals surface area contributed by atoms with Gasteiger partial charge in [0.05, 0.1) is 29.2 Å². The Labute approximate surface area is 173 Å². The van der Waals surface area contributed by atoms with Gasteiger partial charge >= 0.3 is 0 Å². The first-order valence-corrected chi connectivity index (χ1v) is 9.13.